The molecule has 102 valence electrons. The van der Waals surface area contributed by atoms with Gasteiger partial charge in [-0.1, -0.05) is 12.2 Å². The number of carbonyl (C=O) groups excluding carboxylic acids is 1. The molecule has 1 fully saturated rings. The van der Waals surface area contributed by atoms with Crippen LogP contribution in [0.3, 0.4) is 0 Å². The van der Waals surface area contributed by atoms with Gasteiger partial charge in [0, 0.05) is 25.2 Å². The summed E-state index contributed by atoms with van der Waals surface area (Å²) in [6, 6.07) is 0. The summed E-state index contributed by atoms with van der Waals surface area (Å²) in [6.45, 7) is 8.25. The average molecular weight is 252 g/mol. The molecule has 0 bridgehead atoms. The van der Waals surface area contributed by atoms with Crippen LogP contribution >= 0.6 is 0 Å². The molecular formula is C14H24N2O2. The smallest absolute Gasteiger partial charge is 0.410 e. The van der Waals surface area contributed by atoms with E-state index >= 15 is 0 Å². The molecule has 1 amide bonds. The first-order valence-electron chi connectivity index (χ1n) is 6.78. The summed E-state index contributed by atoms with van der Waals surface area (Å²) in [5.41, 5.74) is -0.189. The maximum Gasteiger partial charge on any atom is 0.410 e. The molecule has 0 saturated carbocycles. The van der Waals surface area contributed by atoms with E-state index in [2.05, 4.69) is 17.5 Å². The summed E-state index contributed by atoms with van der Waals surface area (Å²) >= 11 is 0. The second kappa shape index (κ2) is 4.92. The molecule has 0 atom stereocenters. The van der Waals surface area contributed by atoms with Crippen LogP contribution in [0.2, 0.25) is 0 Å². The second-order valence-electron chi connectivity index (χ2n) is 6.30. The summed E-state index contributed by atoms with van der Waals surface area (Å²) < 4.78 is 5.41. The van der Waals surface area contributed by atoms with E-state index in [0.717, 1.165) is 38.9 Å². The van der Waals surface area contributed by atoms with Crippen molar-refractivity contribution in [2.75, 3.05) is 19.6 Å². The summed E-state index contributed by atoms with van der Waals surface area (Å²) in [7, 11) is 0. The highest BCUT2D eigenvalue weighted by Crippen LogP contribution is 2.28. The SMILES string of the molecule is CC(C)(C)OC(=O)N1CCC2(CC=CCN2)CC1. The zero-order valence-electron chi connectivity index (χ0n) is 11.7. The van der Waals surface area contributed by atoms with Gasteiger partial charge < -0.3 is 15.0 Å². The number of nitrogens with one attached hydrogen (secondary N) is 1. The first kappa shape index (κ1) is 13.4. The summed E-state index contributed by atoms with van der Waals surface area (Å²) in [6.07, 6.45) is 7.34. The van der Waals surface area contributed by atoms with Gasteiger partial charge in [0.1, 0.15) is 5.60 Å². The Bertz CT molecular complexity index is 336. The van der Waals surface area contributed by atoms with Gasteiger partial charge in [-0.15, -0.1) is 0 Å². The standard InChI is InChI=1S/C14H24N2O2/c1-13(2,3)18-12(17)16-10-7-14(8-11-16)6-4-5-9-15-14/h4-5,15H,6-11H2,1-3H3. The van der Waals surface area contributed by atoms with Crippen LogP contribution in [0.25, 0.3) is 0 Å². The molecule has 2 aliphatic heterocycles. The Morgan fingerprint density at radius 2 is 1.94 bits per heavy atom. The maximum absolute atomic E-state index is 12.0. The normalized spacial score (nSPS) is 23.2. The Kier molecular flexibility index (Phi) is 3.66. The lowest BCUT2D eigenvalue weighted by Gasteiger charge is -2.43. The third kappa shape index (κ3) is 3.25. The largest absolute Gasteiger partial charge is 0.444 e. The van der Waals surface area contributed by atoms with E-state index in [4.69, 9.17) is 4.74 Å². The summed E-state index contributed by atoms with van der Waals surface area (Å²) in [5, 5.41) is 3.58. The molecule has 0 aromatic heterocycles. The number of carbonyl (C=O) groups is 1. The highest BCUT2D eigenvalue weighted by atomic mass is 16.6. The topological polar surface area (TPSA) is 41.6 Å². The number of ether oxygens (including phenoxy) is 1. The van der Waals surface area contributed by atoms with Gasteiger partial charge in [0.15, 0.2) is 0 Å². The monoisotopic (exact) mass is 252 g/mol. The van der Waals surface area contributed by atoms with Gasteiger partial charge in [-0.3, -0.25) is 0 Å². The zero-order valence-corrected chi connectivity index (χ0v) is 11.7. The first-order chi connectivity index (χ1) is 8.40. The number of rotatable bonds is 0. The molecule has 0 aromatic carbocycles. The molecule has 0 radical (unpaired) electrons. The van der Waals surface area contributed by atoms with Crippen LogP contribution in [0.1, 0.15) is 40.0 Å². The van der Waals surface area contributed by atoms with Crippen LogP contribution in [0, 0.1) is 0 Å². The molecule has 1 spiro atoms. The van der Waals surface area contributed by atoms with E-state index in [1.54, 1.807) is 0 Å². The minimum Gasteiger partial charge on any atom is -0.444 e. The molecule has 2 rings (SSSR count). The van der Waals surface area contributed by atoms with Crippen LogP contribution in [0.5, 0.6) is 0 Å². The lowest BCUT2D eigenvalue weighted by Crippen LogP contribution is -2.55. The fourth-order valence-corrected chi connectivity index (χ4v) is 2.56. The number of likely N-dealkylation sites (tertiary alicyclic amines) is 1. The van der Waals surface area contributed by atoms with E-state index < -0.39 is 5.60 Å². The number of hydrogen-bond acceptors (Lipinski definition) is 3. The Morgan fingerprint density at radius 1 is 1.28 bits per heavy atom. The van der Waals surface area contributed by atoms with E-state index in [1.165, 1.54) is 0 Å². The van der Waals surface area contributed by atoms with Crippen molar-refractivity contribution in [2.24, 2.45) is 0 Å². The van der Waals surface area contributed by atoms with Gasteiger partial charge in [-0.25, -0.2) is 4.79 Å². The van der Waals surface area contributed by atoms with Crippen molar-refractivity contribution in [3.05, 3.63) is 12.2 Å². The van der Waals surface area contributed by atoms with Crippen LogP contribution in [-0.2, 0) is 4.74 Å². The Morgan fingerprint density at radius 3 is 2.44 bits per heavy atom. The van der Waals surface area contributed by atoms with E-state index in [-0.39, 0.29) is 11.6 Å². The molecule has 0 unspecified atom stereocenters. The summed E-state index contributed by atoms with van der Waals surface area (Å²) in [4.78, 5) is 13.8. The van der Waals surface area contributed by atoms with Crippen molar-refractivity contribution in [1.82, 2.24) is 10.2 Å². The molecule has 0 aliphatic carbocycles. The van der Waals surface area contributed by atoms with Gasteiger partial charge in [-0.2, -0.15) is 0 Å². The Balaban J connectivity index is 1.86. The Labute approximate surface area is 109 Å². The number of hydrogen-bond donors (Lipinski definition) is 1. The van der Waals surface area contributed by atoms with E-state index in [0.29, 0.717) is 0 Å². The highest BCUT2D eigenvalue weighted by Gasteiger charge is 2.36. The molecule has 2 heterocycles. The van der Waals surface area contributed by atoms with Crippen LogP contribution < -0.4 is 5.32 Å². The van der Waals surface area contributed by atoms with Crippen molar-refractivity contribution in [3.63, 3.8) is 0 Å². The predicted octanol–water partition coefficient (Wildman–Crippen LogP) is 2.31. The van der Waals surface area contributed by atoms with Crippen molar-refractivity contribution < 1.29 is 9.53 Å². The minimum absolute atomic E-state index is 0.177. The Hall–Kier alpha value is -1.03. The molecular weight excluding hydrogens is 228 g/mol. The van der Waals surface area contributed by atoms with E-state index in [9.17, 15) is 4.79 Å². The number of amides is 1. The first-order valence-corrected chi connectivity index (χ1v) is 6.78. The van der Waals surface area contributed by atoms with Crippen LogP contribution in [-0.4, -0.2) is 41.8 Å². The molecule has 4 nitrogen and oxygen atoms in total. The lowest BCUT2D eigenvalue weighted by molar-refractivity contribution is 0.0148. The van der Waals surface area contributed by atoms with Gasteiger partial charge in [-0.05, 0) is 40.0 Å². The quantitative estimate of drug-likeness (QED) is 0.673. The number of piperidine rings is 1. The molecule has 0 aromatic rings. The van der Waals surface area contributed by atoms with Gasteiger partial charge in [0.25, 0.3) is 0 Å². The number of nitrogens with zero attached hydrogens (tertiary/aromatic N) is 1. The third-order valence-electron chi connectivity index (χ3n) is 3.64. The minimum atomic E-state index is -0.405. The fourth-order valence-electron chi connectivity index (χ4n) is 2.56. The molecule has 1 N–H and O–H groups in total. The second-order valence-corrected chi connectivity index (χ2v) is 6.30. The molecule has 18 heavy (non-hydrogen) atoms. The van der Waals surface area contributed by atoms with Crippen LogP contribution in [0.4, 0.5) is 4.79 Å². The van der Waals surface area contributed by atoms with Crippen molar-refractivity contribution in [1.29, 1.82) is 0 Å². The third-order valence-corrected chi connectivity index (χ3v) is 3.64. The summed E-state index contributed by atoms with van der Waals surface area (Å²) in [5.74, 6) is 0. The van der Waals surface area contributed by atoms with Crippen molar-refractivity contribution in [3.8, 4) is 0 Å². The molecule has 4 heteroatoms. The molecule has 1 saturated heterocycles. The fraction of sp³-hybridized carbons (Fsp3) is 0.786. The van der Waals surface area contributed by atoms with Gasteiger partial charge in [0.05, 0.1) is 0 Å². The van der Waals surface area contributed by atoms with Gasteiger partial charge >= 0.3 is 6.09 Å². The van der Waals surface area contributed by atoms with Gasteiger partial charge in [0.2, 0.25) is 0 Å². The van der Waals surface area contributed by atoms with E-state index in [1.807, 2.05) is 25.7 Å². The van der Waals surface area contributed by atoms with Crippen molar-refractivity contribution >= 4 is 6.09 Å². The maximum atomic E-state index is 12.0. The van der Waals surface area contributed by atoms with Crippen molar-refractivity contribution in [2.45, 2.75) is 51.2 Å². The highest BCUT2D eigenvalue weighted by molar-refractivity contribution is 5.68. The lowest BCUT2D eigenvalue weighted by atomic mass is 9.83. The zero-order chi connectivity index (χ0) is 13.2. The molecule has 2 aliphatic rings. The van der Waals surface area contributed by atoms with Crippen LogP contribution in [0.15, 0.2) is 12.2 Å². The predicted molar refractivity (Wildman–Crippen MR) is 71.5 cm³/mol. The average Bonchev–Trinajstić information content (AvgIpc) is 2.28.